The van der Waals surface area contributed by atoms with Gasteiger partial charge in [-0.05, 0) is 12.2 Å². The van der Waals surface area contributed by atoms with Gasteiger partial charge in [-0.15, -0.1) is 0 Å². The van der Waals surface area contributed by atoms with Gasteiger partial charge in [-0.1, -0.05) is 25.3 Å². The minimum Gasteiger partial charge on any atom is -0.508 e. The van der Waals surface area contributed by atoms with Crippen LogP contribution in [0.25, 0.3) is 6.08 Å². The van der Waals surface area contributed by atoms with Gasteiger partial charge in [0.1, 0.15) is 5.76 Å². The maximum atomic E-state index is 9.22. The monoisotopic (exact) mass is 200 g/mol. The summed E-state index contributed by atoms with van der Waals surface area (Å²) in [6.07, 6.45) is 11.5. The van der Waals surface area contributed by atoms with Crippen molar-refractivity contribution in [2.75, 3.05) is 0 Å². The third-order valence-corrected chi connectivity index (χ3v) is 1.65. The summed E-state index contributed by atoms with van der Waals surface area (Å²) in [5.41, 5.74) is 1.31. The molecule has 1 aromatic heterocycles. The molecular formula is C12H12N2O. The van der Waals surface area contributed by atoms with Gasteiger partial charge < -0.3 is 5.11 Å². The average Bonchev–Trinajstić information content (AvgIpc) is 2.25. The molecule has 15 heavy (non-hydrogen) atoms. The Balaban J connectivity index is 2.84. The minimum atomic E-state index is -0.00459. The Labute approximate surface area is 88.8 Å². The first kappa shape index (κ1) is 10.9. The highest BCUT2D eigenvalue weighted by Crippen LogP contribution is 2.08. The van der Waals surface area contributed by atoms with Crippen LogP contribution in [-0.2, 0) is 0 Å². The molecule has 1 rings (SSSR count). The molecule has 3 nitrogen and oxygen atoms in total. The zero-order valence-corrected chi connectivity index (χ0v) is 8.30. The van der Waals surface area contributed by atoms with Gasteiger partial charge in [-0.3, -0.25) is 9.97 Å². The lowest BCUT2D eigenvalue weighted by Crippen LogP contribution is -1.84. The highest BCUT2D eigenvalue weighted by Gasteiger charge is 1.94. The molecule has 0 unspecified atom stereocenters. The van der Waals surface area contributed by atoms with Gasteiger partial charge in [-0.2, -0.15) is 0 Å². The molecule has 1 heterocycles. The highest BCUT2D eigenvalue weighted by molar-refractivity contribution is 5.52. The number of allylic oxidation sites excluding steroid dienone is 3. The number of rotatable bonds is 4. The topological polar surface area (TPSA) is 46.0 Å². The van der Waals surface area contributed by atoms with E-state index in [1.807, 2.05) is 0 Å². The molecule has 0 amide bonds. The number of hydrogen-bond donors (Lipinski definition) is 1. The van der Waals surface area contributed by atoms with E-state index in [-0.39, 0.29) is 5.76 Å². The molecule has 0 aliphatic rings. The molecule has 1 aromatic rings. The zero-order valence-electron chi connectivity index (χ0n) is 8.30. The number of aromatic nitrogens is 2. The van der Waals surface area contributed by atoms with Crippen LogP contribution in [0, 0.1) is 0 Å². The summed E-state index contributed by atoms with van der Waals surface area (Å²) in [6, 6.07) is 0. The van der Waals surface area contributed by atoms with Crippen LogP contribution in [0.1, 0.15) is 5.69 Å². The third kappa shape index (κ3) is 3.60. The van der Waals surface area contributed by atoms with Crippen molar-refractivity contribution in [3.8, 4) is 0 Å². The lowest BCUT2D eigenvalue weighted by Gasteiger charge is -1.97. The fourth-order valence-electron chi connectivity index (χ4n) is 0.947. The van der Waals surface area contributed by atoms with Gasteiger partial charge in [0.2, 0.25) is 0 Å². The SMILES string of the molecule is C=C/C=C(/C=C/c1cnccn1)C(=C)O. The molecule has 0 atom stereocenters. The van der Waals surface area contributed by atoms with Crippen molar-refractivity contribution >= 4 is 6.08 Å². The highest BCUT2D eigenvalue weighted by atomic mass is 16.3. The van der Waals surface area contributed by atoms with Crippen LogP contribution in [-0.4, -0.2) is 15.1 Å². The number of nitrogens with zero attached hydrogens (tertiary/aromatic N) is 2. The molecule has 0 spiro atoms. The fraction of sp³-hybridized carbons (Fsp3) is 0. The van der Waals surface area contributed by atoms with Gasteiger partial charge in [0.25, 0.3) is 0 Å². The van der Waals surface area contributed by atoms with Crippen LogP contribution in [0.5, 0.6) is 0 Å². The second-order valence-corrected chi connectivity index (χ2v) is 2.77. The molecule has 0 fully saturated rings. The summed E-state index contributed by atoms with van der Waals surface area (Å²) < 4.78 is 0. The van der Waals surface area contributed by atoms with E-state index < -0.39 is 0 Å². The Kier molecular flexibility index (Phi) is 4.04. The second kappa shape index (κ2) is 5.54. The standard InChI is InChI=1S/C12H12N2O/c1-3-4-11(10(2)15)5-6-12-9-13-7-8-14-12/h3-9,15H,1-2H2/b6-5+,11-4-. The lowest BCUT2D eigenvalue weighted by molar-refractivity contribution is 0.429. The second-order valence-electron chi connectivity index (χ2n) is 2.77. The summed E-state index contributed by atoms with van der Waals surface area (Å²) in [6.45, 7) is 6.99. The van der Waals surface area contributed by atoms with Crippen molar-refractivity contribution in [1.29, 1.82) is 0 Å². The van der Waals surface area contributed by atoms with Gasteiger partial charge in [0.15, 0.2) is 0 Å². The first-order valence-corrected chi connectivity index (χ1v) is 4.39. The van der Waals surface area contributed by atoms with Crippen molar-refractivity contribution < 1.29 is 5.11 Å². The molecule has 0 saturated heterocycles. The minimum absolute atomic E-state index is 0.00459. The van der Waals surface area contributed by atoms with E-state index in [4.69, 9.17) is 0 Å². The van der Waals surface area contributed by atoms with E-state index >= 15 is 0 Å². The zero-order chi connectivity index (χ0) is 11.1. The Morgan fingerprint density at radius 1 is 1.40 bits per heavy atom. The lowest BCUT2D eigenvalue weighted by atomic mass is 10.2. The Bertz CT molecular complexity index is 405. The van der Waals surface area contributed by atoms with Gasteiger partial charge >= 0.3 is 0 Å². The molecule has 1 N–H and O–H groups in total. The van der Waals surface area contributed by atoms with E-state index in [2.05, 4.69) is 23.1 Å². The van der Waals surface area contributed by atoms with E-state index in [1.54, 1.807) is 42.9 Å². The van der Waals surface area contributed by atoms with Crippen molar-refractivity contribution in [3.05, 3.63) is 67.0 Å². The van der Waals surface area contributed by atoms with Crippen molar-refractivity contribution in [1.82, 2.24) is 9.97 Å². The quantitative estimate of drug-likeness (QED) is 0.600. The predicted molar refractivity (Wildman–Crippen MR) is 61.1 cm³/mol. The smallest absolute Gasteiger partial charge is 0.115 e. The van der Waals surface area contributed by atoms with Crippen molar-refractivity contribution in [2.45, 2.75) is 0 Å². The Morgan fingerprint density at radius 2 is 2.20 bits per heavy atom. The normalized spacial score (nSPS) is 11.6. The molecular weight excluding hydrogens is 188 g/mol. The van der Waals surface area contributed by atoms with Crippen LogP contribution in [0.3, 0.4) is 0 Å². The van der Waals surface area contributed by atoms with Crippen molar-refractivity contribution in [2.24, 2.45) is 0 Å². The molecule has 0 aromatic carbocycles. The van der Waals surface area contributed by atoms with Crippen LogP contribution >= 0.6 is 0 Å². The van der Waals surface area contributed by atoms with Crippen LogP contribution in [0.4, 0.5) is 0 Å². The molecule has 76 valence electrons. The molecule has 0 aliphatic carbocycles. The first-order valence-electron chi connectivity index (χ1n) is 4.39. The molecule has 0 saturated carbocycles. The molecule has 0 bridgehead atoms. The van der Waals surface area contributed by atoms with Gasteiger partial charge in [0.05, 0.1) is 11.9 Å². The van der Waals surface area contributed by atoms with Crippen molar-refractivity contribution in [3.63, 3.8) is 0 Å². The van der Waals surface area contributed by atoms with Gasteiger partial charge in [-0.25, -0.2) is 0 Å². The molecule has 0 aliphatic heterocycles. The van der Waals surface area contributed by atoms with E-state index in [0.717, 1.165) is 0 Å². The maximum Gasteiger partial charge on any atom is 0.115 e. The number of aliphatic hydroxyl groups is 1. The molecule has 3 heteroatoms. The Morgan fingerprint density at radius 3 is 2.73 bits per heavy atom. The van der Waals surface area contributed by atoms with Gasteiger partial charge in [0, 0.05) is 18.0 Å². The maximum absolute atomic E-state index is 9.22. The number of aliphatic hydroxyl groups excluding tert-OH is 1. The summed E-state index contributed by atoms with van der Waals surface area (Å²) >= 11 is 0. The summed E-state index contributed by atoms with van der Waals surface area (Å²) in [5.74, 6) is -0.00459. The summed E-state index contributed by atoms with van der Waals surface area (Å²) in [7, 11) is 0. The largest absolute Gasteiger partial charge is 0.508 e. The van der Waals surface area contributed by atoms with E-state index in [1.165, 1.54) is 0 Å². The molecule has 0 radical (unpaired) electrons. The fourth-order valence-corrected chi connectivity index (χ4v) is 0.947. The summed E-state index contributed by atoms with van der Waals surface area (Å²) in [5, 5.41) is 9.22. The van der Waals surface area contributed by atoms with Crippen LogP contribution in [0.15, 0.2) is 61.3 Å². The third-order valence-electron chi connectivity index (χ3n) is 1.65. The van der Waals surface area contributed by atoms with E-state index in [9.17, 15) is 5.11 Å². The number of hydrogen-bond acceptors (Lipinski definition) is 3. The summed E-state index contributed by atoms with van der Waals surface area (Å²) in [4.78, 5) is 7.97. The van der Waals surface area contributed by atoms with E-state index in [0.29, 0.717) is 11.3 Å². The Hall–Kier alpha value is -2.16. The van der Waals surface area contributed by atoms with Crippen LogP contribution < -0.4 is 0 Å². The predicted octanol–water partition coefficient (Wildman–Crippen LogP) is 2.67. The van der Waals surface area contributed by atoms with Crippen LogP contribution in [0.2, 0.25) is 0 Å². The first-order chi connectivity index (χ1) is 7.24. The average molecular weight is 200 g/mol.